The van der Waals surface area contributed by atoms with Crippen LogP contribution in [0.15, 0.2) is 59.4 Å². The van der Waals surface area contributed by atoms with Crippen LogP contribution in [-0.2, 0) is 7.05 Å². The highest BCUT2D eigenvalue weighted by Gasteiger charge is 2.32. The Labute approximate surface area is 161 Å². The number of carbonyl (C=O) groups is 1. The van der Waals surface area contributed by atoms with Gasteiger partial charge in [-0.05, 0) is 30.0 Å². The zero-order valence-electron chi connectivity index (χ0n) is 15.4. The van der Waals surface area contributed by atoms with Gasteiger partial charge < -0.3 is 14.0 Å². The third kappa shape index (κ3) is 2.76. The topological polar surface area (TPSA) is 77.0 Å². The summed E-state index contributed by atoms with van der Waals surface area (Å²) in [6.45, 7) is 1.20. The molecule has 1 atom stereocenters. The van der Waals surface area contributed by atoms with E-state index in [1.165, 1.54) is 0 Å². The summed E-state index contributed by atoms with van der Waals surface area (Å²) in [5.41, 5.74) is 1.40. The molecule has 7 heteroatoms. The van der Waals surface area contributed by atoms with Crippen molar-refractivity contribution in [3.05, 3.63) is 66.4 Å². The molecular weight excluding hydrogens is 354 g/mol. The second kappa shape index (κ2) is 6.60. The van der Waals surface area contributed by atoms with Crippen LogP contribution in [0, 0.1) is 0 Å². The zero-order valence-corrected chi connectivity index (χ0v) is 15.4. The lowest BCUT2D eigenvalue weighted by molar-refractivity contribution is 0.0786. The molecule has 0 N–H and O–H groups in total. The van der Waals surface area contributed by atoms with Gasteiger partial charge in [-0.2, -0.15) is 4.98 Å². The molecule has 1 aromatic carbocycles. The summed E-state index contributed by atoms with van der Waals surface area (Å²) >= 11 is 0. The average molecular weight is 373 g/mol. The van der Waals surface area contributed by atoms with E-state index in [4.69, 9.17) is 4.52 Å². The minimum atomic E-state index is -0.0542. The Morgan fingerprint density at radius 3 is 2.93 bits per heavy atom. The minimum absolute atomic E-state index is 0.0421. The van der Waals surface area contributed by atoms with Crippen molar-refractivity contribution in [1.29, 1.82) is 0 Å². The number of benzene rings is 1. The van der Waals surface area contributed by atoms with Crippen molar-refractivity contribution < 1.29 is 9.32 Å². The molecule has 0 bridgehead atoms. The number of nitrogens with zero attached hydrogens (tertiary/aromatic N) is 5. The number of hydrogen-bond donors (Lipinski definition) is 0. The maximum atomic E-state index is 13.1. The van der Waals surface area contributed by atoms with Crippen molar-refractivity contribution >= 4 is 16.7 Å². The largest absolute Gasteiger partial charge is 0.348 e. The number of fused-ring (bicyclic) bond motifs is 1. The fourth-order valence-electron chi connectivity index (χ4n) is 3.78. The van der Waals surface area contributed by atoms with Crippen molar-refractivity contribution in [2.24, 2.45) is 7.05 Å². The highest BCUT2D eigenvalue weighted by atomic mass is 16.5. The molecule has 5 rings (SSSR count). The normalized spacial score (nSPS) is 16.8. The summed E-state index contributed by atoms with van der Waals surface area (Å²) in [5.74, 6) is 1.14. The van der Waals surface area contributed by atoms with E-state index in [1.54, 1.807) is 6.20 Å². The van der Waals surface area contributed by atoms with E-state index >= 15 is 0 Å². The molecule has 1 aliphatic rings. The van der Waals surface area contributed by atoms with Gasteiger partial charge in [-0.1, -0.05) is 29.4 Å². The number of rotatable bonds is 3. The van der Waals surface area contributed by atoms with Crippen LogP contribution in [-0.4, -0.2) is 43.6 Å². The number of hydrogen-bond acceptors (Lipinski definition) is 5. The van der Waals surface area contributed by atoms with E-state index < -0.39 is 0 Å². The molecular formula is C21H19N5O2. The highest BCUT2D eigenvalue weighted by Crippen LogP contribution is 2.29. The van der Waals surface area contributed by atoms with E-state index in [0.717, 1.165) is 22.9 Å². The molecule has 0 saturated carbocycles. The van der Waals surface area contributed by atoms with Gasteiger partial charge in [-0.15, -0.1) is 0 Å². The van der Waals surface area contributed by atoms with Crippen molar-refractivity contribution in [1.82, 2.24) is 24.6 Å². The lowest BCUT2D eigenvalue weighted by Crippen LogP contribution is -2.29. The molecule has 4 heterocycles. The minimum Gasteiger partial charge on any atom is -0.348 e. The lowest BCUT2D eigenvalue weighted by atomic mass is 10.1. The number of amides is 1. The van der Waals surface area contributed by atoms with Crippen LogP contribution in [0.4, 0.5) is 0 Å². The van der Waals surface area contributed by atoms with Gasteiger partial charge in [0.1, 0.15) is 5.69 Å². The van der Waals surface area contributed by atoms with E-state index in [1.807, 2.05) is 65.2 Å². The fourth-order valence-corrected chi connectivity index (χ4v) is 3.78. The Hall–Kier alpha value is -3.48. The van der Waals surface area contributed by atoms with Crippen molar-refractivity contribution in [3.8, 4) is 11.5 Å². The highest BCUT2D eigenvalue weighted by molar-refractivity contribution is 6.05. The van der Waals surface area contributed by atoms with Gasteiger partial charge in [0.05, 0.1) is 11.6 Å². The molecule has 1 aliphatic heterocycles. The molecule has 4 aromatic rings. The second-order valence-electron chi connectivity index (χ2n) is 7.08. The molecule has 0 aliphatic carbocycles. The second-order valence-corrected chi connectivity index (χ2v) is 7.08. The predicted molar refractivity (Wildman–Crippen MR) is 104 cm³/mol. The lowest BCUT2D eigenvalue weighted by Gasteiger charge is -2.16. The van der Waals surface area contributed by atoms with Gasteiger partial charge in [0.2, 0.25) is 11.7 Å². The first-order valence-corrected chi connectivity index (χ1v) is 9.29. The maximum absolute atomic E-state index is 13.1. The molecule has 0 radical (unpaired) electrons. The van der Waals surface area contributed by atoms with E-state index in [-0.39, 0.29) is 11.8 Å². The Balaban J connectivity index is 1.37. The number of carbonyl (C=O) groups excluding carboxylic acids is 1. The molecule has 1 fully saturated rings. The predicted octanol–water partition coefficient (Wildman–Crippen LogP) is 3.25. The van der Waals surface area contributed by atoms with E-state index in [9.17, 15) is 4.79 Å². The van der Waals surface area contributed by atoms with E-state index in [2.05, 4.69) is 15.1 Å². The summed E-state index contributed by atoms with van der Waals surface area (Å²) in [6.07, 6.45) is 4.43. The van der Waals surface area contributed by atoms with Crippen LogP contribution in [0.1, 0.15) is 28.7 Å². The molecule has 7 nitrogen and oxygen atoms in total. The van der Waals surface area contributed by atoms with Crippen LogP contribution in [0.3, 0.4) is 0 Å². The monoisotopic (exact) mass is 373 g/mol. The number of likely N-dealkylation sites (tertiary alicyclic amines) is 1. The molecule has 1 amide bonds. The SMILES string of the molecule is Cn1cccc1-c1noc(C2CCN(C(=O)c3nccc4ccccc34)C2)n1. The molecule has 140 valence electrons. The van der Waals surface area contributed by atoms with Gasteiger partial charge in [0.25, 0.3) is 5.91 Å². The third-order valence-corrected chi connectivity index (χ3v) is 5.32. The van der Waals surface area contributed by atoms with Crippen LogP contribution in [0.2, 0.25) is 0 Å². The van der Waals surface area contributed by atoms with Gasteiger partial charge in [-0.25, -0.2) is 0 Å². The van der Waals surface area contributed by atoms with Crippen LogP contribution >= 0.6 is 0 Å². The smallest absolute Gasteiger partial charge is 0.273 e. The number of aryl methyl sites for hydroxylation is 1. The summed E-state index contributed by atoms with van der Waals surface area (Å²) in [5, 5.41) is 6.00. The molecule has 3 aromatic heterocycles. The van der Waals surface area contributed by atoms with Gasteiger partial charge >= 0.3 is 0 Å². The quantitative estimate of drug-likeness (QED) is 0.551. The molecule has 1 unspecified atom stereocenters. The Morgan fingerprint density at radius 1 is 1.18 bits per heavy atom. The van der Waals surface area contributed by atoms with Gasteiger partial charge in [0.15, 0.2) is 0 Å². The van der Waals surface area contributed by atoms with Crippen LogP contribution in [0.5, 0.6) is 0 Å². The summed E-state index contributed by atoms with van der Waals surface area (Å²) in [6, 6.07) is 13.6. The first-order chi connectivity index (χ1) is 13.7. The Kier molecular flexibility index (Phi) is 3.93. The first kappa shape index (κ1) is 16.7. The van der Waals surface area contributed by atoms with Crippen LogP contribution in [0.25, 0.3) is 22.3 Å². The zero-order chi connectivity index (χ0) is 19.1. The Bertz CT molecular complexity index is 1160. The standard InChI is InChI=1S/C21H19N5O2/c1-25-11-4-7-17(25)19-23-20(28-24-19)15-9-12-26(13-15)21(27)18-16-6-3-2-5-14(16)8-10-22-18/h2-8,10-11,15H,9,12-13H2,1H3. The van der Waals surface area contributed by atoms with Crippen molar-refractivity contribution in [3.63, 3.8) is 0 Å². The van der Waals surface area contributed by atoms with Crippen molar-refractivity contribution in [2.45, 2.75) is 12.3 Å². The average Bonchev–Trinajstić information content (AvgIpc) is 3.47. The molecule has 0 spiro atoms. The number of aromatic nitrogens is 4. The summed E-state index contributed by atoms with van der Waals surface area (Å²) in [7, 11) is 1.94. The Morgan fingerprint density at radius 2 is 2.07 bits per heavy atom. The number of pyridine rings is 1. The first-order valence-electron chi connectivity index (χ1n) is 9.29. The fraction of sp³-hybridized carbons (Fsp3) is 0.238. The van der Waals surface area contributed by atoms with Gasteiger partial charge in [0, 0.05) is 37.9 Å². The molecule has 1 saturated heterocycles. The summed E-state index contributed by atoms with van der Waals surface area (Å²) in [4.78, 5) is 23.8. The molecule has 28 heavy (non-hydrogen) atoms. The van der Waals surface area contributed by atoms with E-state index in [0.29, 0.717) is 30.5 Å². The van der Waals surface area contributed by atoms with Crippen LogP contribution < -0.4 is 0 Å². The van der Waals surface area contributed by atoms with Gasteiger partial charge in [-0.3, -0.25) is 9.78 Å². The summed E-state index contributed by atoms with van der Waals surface area (Å²) < 4.78 is 7.45. The maximum Gasteiger partial charge on any atom is 0.273 e. The van der Waals surface area contributed by atoms with Crippen molar-refractivity contribution in [2.75, 3.05) is 13.1 Å². The third-order valence-electron chi connectivity index (χ3n) is 5.32.